The van der Waals surface area contributed by atoms with Gasteiger partial charge in [0, 0.05) is 5.69 Å². The van der Waals surface area contributed by atoms with Crippen molar-refractivity contribution >= 4 is 23.2 Å². The van der Waals surface area contributed by atoms with Crippen molar-refractivity contribution in [2.75, 3.05) is 17.7 Å². The molecule has 1 aromatic carbocycles. The summed E-state index contributed by atoms with van der Waals surface area (Å²) in [5, 5.41) is 3.23. The Hall–Kier alpha value is -2.56. The van der Waals surface area contributed by atoms with E-state index in [1.165, 1.54) is 6.20 Å². The Morgan fingerprint density at radius 1 is 1.33 bits per heavy atom. The van der Waals surface area contributed by atoms with Gasteiger partial charge in [0.25, 0.3) is 0 Å². The van der Waals surface area contributed by atoms with Crippen molar-refractivity contribution in [3.05, 3.63) is 47.2 Å². The molecule has 5 heteroatoms. The van der Waals surface area contributed by atoms with E-state index in [2.05, 4.69) is 10.3 Å². The largest absolute Gasteiger partial charge is 0.462 e. The van der Waals surface area contributed by atoms with E-state index in [1.54, 1.807) is 13.0 Å². The van der Waals surface area contributed by atoms with Gasteiger partial charge in [-0.05, 0) is 38.0 Å². The van der Waals surface area contributed by atoms with Crippen LogP contribution >= 0.6 is 0 Å². The van der Waals surface area contributed by atoms with Crippen molar-refractivity contribution in [3.63, 3.8) is 0 Å². The van der Waals surface area contributed by atoms with Crippen molar-refractivity contribution in [2.24, 2.45) is 0 Å². The number of nitrogens with zero attached hydrogens (tertiary/aromatic N) is 1. The smallest absolute Gasteiger partial charge is 0.340 e. The van der Waals surface area contributed by atoms with Crippen LogP contribution in [0.1, 0.15) is 28.4 Å². The van der Waals surface area contributed by atoms with Crippen molar-refractivity contribution < 1.29 is 9.53 Å². The third-order valence-electron chi connectivity index (χ3n) is 3.16. The Labute approximate surface area is 124 Å². The Morgan fingerprint density at radius 3 is 2.62 bits per heavy atom. The number of para-hydroxylation sites is 1. The average molecular weight is 285 g/mol. The van der Waals surface area contributed by atoms with E-state index in [-0.39, 0.29) is 0 Å². The van der Waals surface area contributed by atoms with Gasteiger partial charge in [0.05, 0.1) is 24.1 Å². The number of rotatable bonds is 4. The zero-order chi connectivity index (χ0) is 15.4. The lowest BCUT2D eigenvalue weighted by atomic mass is 10.1. The van der Waals surface area contributed by atoms with E-state index in [0.717, 1.165) is 16.8 Å². The molecule has 0 aliphatic rings. The number of pyridine rings is 1. The number of aromatic nitrogens is 1. The molecule has 0 aliphatic carbocycles. The van der Waals surface area contributed by atoms with Crippen molar-refractivity contribution in [2.45, 2.75) is 20.8 Å². The van der Waals surface area contributed by atoms with Crippen LogP contribution < -0.4 is 11.1 Å². The summed E-state index contributed by atoms with van der Waals surface area (Å²) < 4.78 is 4.99. The minimum absolute atomic E-state index is 0.306. The van der Waals surface area contributed by atoms with Crippen molar-refractivity contribution in [3.8, 4) is 0 Å². The lowest BCUT2D eigenvalue weighted by Gasteiger charge is -2.13. The van der Waals surface area contributed by atoms with Gasteiger partial charge in [-0.1, -0.05) is 18.2 Å². The van der Waals surface area contributed by atoms with Crippen LogP contribution in [0.3, 0.4) is 0 Å². The molecule has 2 aromatic rings. The minimum atomic E-state index is -0.443. The van der Waals surface area contributed by atoms with Crippen LogP contribution in [-0.2, 0) is 4.74 Å². The first kappa shape index (κ1) is 14.8. The van der Waals surface area contributed by atoms with Gasteiger partial charge in [-0.15, -0.1) is 0 Å². The van der Waals surface area contributed by atoms with Gasteiger partial charge in [0.1, 0.15) is 5.82 Å². The molecule has 1 aromatic heterocycles. The van der Waals surface area contributed by atoms with Crippen LogP contribution in [0.4, 0.5) is 17.2 Å². The van der Waals surface area contributed by atoms with Crippen LogP contribution in [0.2, 0.25) is 0 Å². The van der Waals surface area contributed by atoms with Gasteiger partial charge in [-0.2, -0.15) is 0 Å². The number of carbonyl (C=O) groups is 1. The highest BCUT2D eigenvalue weighted by Gasteiger charge is 2.13. The molecule has 0 fully saturated rings. The number of esters is 1. The first-order chi connectivity index (χ1) is 10.0. The fraction of sp³-hybridized carbons (Fsp3) is 0.250. The van der Waals surface area contributed by atoms with Gasteiger partial charge in [-0.25, -0.2) is 9.78 Å². The molecule has 0 atom stereocenters. The normalized spacial score (nSPS) is 10.2. The van der Waals surface area contributed by atoms with Crippen molar-refractivity contribution in [1.29, 1.82) is 0 Å². The molecule has 0 unspecified atom stereocenters. The molecule has 110 valence electrons. The lowest BCUT2D eigenvalue weighted by Crippen LogP contribution is -2.09. The third kappa shape index (κ3) is 3.31. The molecule has 0 aliphatic heterocycles. The number of ether oxygens (including phenoxy) is 1. The highest BCUT2D eigenvalue weighted by Crippen LogP contribution is 2.25. The predicted octanol–water partition coefficient (Wildman–Crippen LogP) is 3.20. The second-order valence-electron chi connectivity index (χ2n) is 4.77. The van der Waals surface area contributed by atoms with Crippen LogP contribution in [-0.4, -0.2) is 17.6 Å². The standard InChI is InChI=1S/C16H19N3O2/c1-4-21-16(20)12-8-14(18-9-13(12)17)19-15-10(2)6-5-7-11(15)3/h5-9H,4,17H2,1-3H3,(H,18,19). The zero-order valence-electron chi connectivity index (χ0n) is 12.4. The molecule has 0 radical (unpaired) electrons. The quantitative estimate of drug-likeness (QED) is 0.843. The first-order valence-electron chi connectivity index (χ1n) is 6.78. The van der Waals surface area contributed by atoms with E-state index < -0.39 is 5.97 Å². The molecule has 0 saturated carbocycles. The molecular formula is C16H19N3O2. The van der Waals surface area contributed by atoms with Gasteiger partial charge in [0.2, 0.25) is 0 Å². The fourth-order valence-electron chi connectivity index (χ4n) is 2.06. The number of hydrogen-bond acceptors (Lipinski definition) is 5. The fourth-order valence-corrected chi connectivity index (χ4v) is 2.06. The van der Waals surface area contributed by atoms with Crippen LogP contribution in [0, 0.1) is 13.8 Å². The lowest BCUT2D eigenvalue weighted by molar-refractivity contribution is 0.0527. The molecule has 0 spiro atoms. The Balaban J connectivity index is 2.33. The van der Waals surface area contributed by atoms with Crippen LogP contribution in [0.15, 0.2) is 30.5 Å². The van der Waals surface area contributed by atoms with E-state index in [9.17, 15) is 4.79 Å². The Bertz CT molecular complexity index is 648. The van der Waals surface area contributed by atoms with E-state index >= 15 is 0 Å². The highest BCUT2D eigenvalue weighted by atomic mass is 16.5. The molecule has 5 nitrogen and oxygen atoms in total. The van der Waals surface area contributed by atoms with E-state index in [4.69, 9.17) is 10.5 Å². The Morgan fingerprint density at radius 2 is 2.00 bits per heavy atom. The summed E-state index contributed by atoms with van der Waals surface area (Å²) in [6.07, 6.45) is 1.46. The number of aryl methyl sites for hydroxylation is 2. The highest BCUT2D eigenvalue weighted by molar-refractivity contribution is 5.95. The van der Waals surface area contributed by atoms with Gasteiger partial charge >= 0.3 is 5.97 Å². The monoisotopic (exact) mass is 285 g/mol. The number of hydrogen-bond donors (Lipinski definition) is 2. The second kappa shape index (κ2) is 6.26. The van der Waals surface area contributed by atoms with Crippen LogP contribution in [0.25, 0.3) is 0 Å². The third-order valence-corrected chi connectivity index (χ3v) is 3.16. The molecule has 0 amide bonds. The topological polar surface area (TPSA) is 77.2 Å². The van der Waals surface area contributed by atoms with Gasteiger partial charge < -0.3 is 15.8 Å². The summed E-state index contributed by atoms with van der Waals surface area (Å²) in [5.41, 5.74) is 9.59. The maximum absolute atomic E-state index is 11.8. The molecule has 21 heavy (non-hydrogen) atoms. The number of carbonyl (C=O) groups excluding carboxylic acids is 1. The molecule has 2 rings (SSSR count). The van der Waals surface area contributed by atoms with Gasteiger partial charge in [-0.3, -0.25) is 0 Å². The molecule has 1 heterocycles. The van der Waals surface area contributed by atoms with Crippen LogP contribution in [0.5, 0.6) is 0 Å². The summed E-state index contributed by atoms with van der Waals surface area (Å²) in [4.78, 5) is 16.1. The summed E-state index contributed by atoms with van der Waals surface area (Å²) in [7, 11) is 0. The molecule has 0 bridgehead atoms. The number of nitrogens with one attached hydrogen (secondary N) is 1. The predicted molar refractivity (Wildman–Crippen MR) is 83.8 cm³/mol. The summed E-state index contributed by atoms with van der Waals surface area (Å²) >= 11 is 0. The number of nitrogens with two attached hydrogens (primary N) is 1. The second-order valence-corrected chi connectivity index (χ2v) is 4.77. The molecule has 0 saturated heterocycles. The van der Waals surface area contributed by atoms with E-state index in [0.29, 0.717) is 23.7 Å². The number of nitrogen functional groups attached to an aromatic ring is 1. The zero-order valence-corrected chi connectivity index (χ0v) is 12.4. The van der Waals surface area contributed by atoms with Gasteiger partial charge in [0.15, 0.2) is 0 Å². The van der Waals surface area contributed by atoms with Crippen molar-refractivity contribution in [1.82, 2.24) is 4.98 Å². The maximum Gasteiger partial charge on any atom is 0.340 e. The molecule has 3 N–H and O–H groups in total. The average Bonchev–Trinajstić information content (AvgIpc) is 2.45. The number of benzene rings is 1. The molecular weight excluding hydrogens is 266 g/mol. The Kier molecular flexibility index (Phi) is 4.42. The summed E-state index contributed by atoms with van der Waals surface area (Å²) in [6.45, 7) is 6.09. The minimum Gasteiger partial charge on any atom is -0.462 e. The first-order valence-corrected chi connectivity index (χ1v) is 6.78. The number of anilines is 3. The van der Waals surface area contributed by atoms with E-state index in [1.807, 2.05) is 32.0 Å². The summed E-state index contributed by atoms with van der Waals surface area (Å²) in [6, 6.07) is 7.63. The maximum atomic E-state index is 11.8. The SMILES string of the molecule is CCOC(=O)c1cc(Nc2c(C)cccc2C)ncc1N. The summed E-state index contributed by atoms with van der Waals surface area (Å²) in [5.74, 6) is 0.117.